The minimum Gasteiger partial charge on any atom is -0.508 e. The summed E-state index contributed by atoms with van der Waals surface area (Å²) in [6.45, 7) is 1.68. The highest BCUT2D eigenvalue weighted by Gasteiger charge is 2.42. The van der Waals surface area contributed by atoms with Gasteiger partial charge in [0.1, 0.15) is 23.5 Å². The molecular formula is C17H21N3O6. The molecule has 0 aromatic heterocycles. The molecule has 5 N–H and O–H groups in total. The summed E-state index contributed by atoms with van der Waals surface area (Å²) in [5, 5.41) is 21.1. The van der Waals surface area contributed by atoms with Gasteiger partial charge in [0.2, 0.25) is 5.91 Å². The molecule has 0 spiro atoms. The highest BCUT2D eigenvalue weighted by atomic mass is 16.5. The fourth-order valence-corrected chi connectivity index (χ4v) is 2.64. The maximum absolute atomic E-state index is 12.3. The number of rotatable bonds is 7. The number of nitrogens with zero attached hydrogens (tertiary/aromatic N) is 1. The number of hydrogen-bond acceptors (Lipinski definition) is 6. The summed E-state index contributed by atoms with van der Waals surface area (Å²) in [7, 11) is 1.43. The van der Waals surface area contributed by atoms with Gasteiger partial charge in [-0.3, -0.25) is 9.59 Å². The first kappa shape index (κ1) is 19.4. The number of nitrogens with one attached hydrogen (secondary N) is 1. The fraction of sp³-hybridized carbons (Fsp3) is 0.353. The number of β-lactam (4-membered cyclic amide) rings is 1. The molecule has 140 valence electrons. The van der Waals surface area contributed by atoms with Gasteiger partial charge in [0.25, 0.3) is 5.91 Å². The van der Waals surface area contributed by atoms with Gasteiger partial charge in [-0.2, -0.15) is 0 Å². The Balaban J connectivity index is 2.02. The van der Waals surface area contributed by atoms with Crippen molar-refractivity contribution in [3.63, 3.8) is 0 Å². The van der Waals surface area contributed by atoms with E-state index in [1.807, 2.05) is 0 Å². The van der Waals surface area contributed by atoms with E-state index in [9.17, 15) is 24.6 Å². The zero-order valence-corrected chi connectivity index (χ0v) is 14.4. The lowest BCUT2D eigenvalue weighted by atomic mass is 10.0. The minimum atomic E-state index is -1.24. The van der Waals surface area contributed by atoms with Gasteiger partial charge in [0.05, 0.1) is 13.2 Å². The Labute approximate surface area is 150 Å². The van der Waals surface area contributed by atoms with Crippen LogP contribution in [0.5, 0.6) is 5.75 Å². The van der Waals surface area contributed by atoms with Crippen LogP contribution in [0.25, 0.3) is 0 Å². The van der Waals surface area contributed by atoms with E-state index in [4.69, 9.17) is 10.5 Å². The first-order chi connectivity index (χ1) is 12.3. The Morgan fingerprint density at radius 2 is 2.00 bits per heavy atom. The number of nitrogens with two attached hydrogens (primary N) is 1. The number of hydrogen-bond donors (Lipinski definition) is 4. The van der Waals surface area contributed by atoms with Crippen LogP contribution in [0.2, 0.25) is 0 Å². The van der Waals surface area contributed by atoms with E-state index in [1.165, 1.54) is 31.4 Å². The number of carbonyl (C=O) groups is 3. The maximum atomic E-state index is 12.3. The van der Waals surface area contributed by atoms with Gasteiger partial charge < -0.3 is 30.9 Å². The number of aromatic hydroxyl groups is 1. The Morgan fingerprint density at radius 3 is 2.50 bits per heavy atom. The largest absolute Gasteiger partial charge is 0.508 e. The molecule has 2 amide bonds. The van der Waals surface area contributed by atoms with Crippen molar-refractivity contribution in [3.8, 4) is 5.75 Å². The third kappa shape index (κ3) is 4.01. The number of methoxy groups -OCH3 is 1. The van der Waals surface area contributed by atoms with Crippen molar-refractivity contribution in [2.45, 2.75) is 19.0 Å². The Bertz CT molecular complexity index is 743. The molecule has 9 heteroatoms. The average Bonchev–Trinajstić information content (AvgIpc) is 2.60. The number of carbonyl (C=O) groups excluding carboxylic acids is 2. The molecule has 1 fully saturated rings. The van der Waals surface area contributed by atoms with Crippen LogP contribution in [0.15, 0.2) is 35.5 Å². The van der Waals surface area contributed by atoms with Crippen LogP contribution in [0.3, 0.4) is 0 Å². The summed E-state index contributed by atoms with van der Waals surface area (Å²) in [4.78, 5) is 37.0. The molecule has 0 bridgehead atoms. The predicted octanol–water partition coefficient (Wildman–Crippen LogP) is -0.276. The molecule has 2 atom stereocenters. The third-order valence-corrected chi connectivity index (χ3v) is 4.02. The lowest BCUT2D eigenvalue weighted by Crippen LogP contribution is -2.64. The lowest BCUT2D eigenvalue weighted by molar-refractivity contribution is -0.149. The van der Waals surface area contributed by atoms with Crippen LogP contribution in [0, 0.1) is 0 Å². The van der Waals surface area contributed by atoms with Crippen molar-refractivity contribution in [1.29, 1.82) is 0 Å². The summed E-state index contributed by atoms with van der Waals surface area (Å²) < 4.78 is 4.91. The first-order valence-corrected chi connectivity index (χ1v) is 7.84. The van der Waals surface area contributed by atoms with Crippen LogP contribution in [-0.4, -0.2) is 59.2 Å². The summed E-state index contributed by atoms with van der Waals surface area (Å²) in [5.74, 6) is -2.28. The van der Waals surface area contributed by atoms with Gasteiger partial charge >= 0.3 is 5.97 Å². The van der Waals surface area contributed by atoms with E-state index in [2.05, 4.69) is 5.32 Å². The number of phenols is 1. The number of amides is 2. The predicted molar refractivity (Wildman–Crippen MR) is 90.9 cm³/mol. The van der Waals surface area contributed by atoms with Crippen LogP contribution in [0.4, 0.5) is 0 Å². The fourth-order valence-electron chi connectivity index (χ4n) is 2.64. The second kappa shape index (κ2) is 7.98. The number of aliphatic carboxylic acids is 1. The average molecular weight is 363 g/mol. The number of carboxylic acids is 1. The number of ether oxygens (including phenoxy) is 1. The zero-order valence-electron chi connectivity index (χ0n) is 14.4. The van der Waals surface area contributed by atoms with Gasteiger partial charge in [-0.25, -0.2) is 4.79 Å². The van der Waals surface area contributed by atoms with Gasteiger partial charge in [-0.05, 0) is 30.2 Å². The number of likely N-dealkylation sites (tertiary alicyclic amines) is 1. The standard InChI is InChI=1S/C17H21N3O6/c1-9(8-26-2)14(17(24)25)20-7-12(16(20)23)19-15(22)13(18)10-3-5-11(21)6-4-10/h3-6,12-13,21H,7-8,18H2,1-2H3,(H,19,22)(H,24,25)/t12?,13-/m1/s1. The summed E-state index contributed by atoms with van der Waals surface area (Å²) in [6.07, 6.45) is 0. The van der Waals surface area contributed by atoms with E-state index in [0.29, 0.717) is 11.1 Å². The topological polar surface area (TPSA) is 142 Å². The summed E-state index contributed by atoms with van der Waals surface area (Å²) >= 11 is 0. The zero-order chi connectivity index (χ0) is 19.4. The maximum Gasteiger partial charge on any atom is 0.352 e. The molecule has 1 saturated heterocycles. The highest BCUT2D eigenvalue weighted by Crippen LogP contribution is 2.22. The van der Waals surface area contributed by atoms with Crippen molar-refractivity contribution in [3.05, 3.63) is 41.1 Å². The molecule has 1 aromatic carbocycles. The monoisotopic (exact) mass is 363 g/mol. The molecule has 0 aliphatic carbocycles. The minimum absolute atomic E-state index is 0.0373. The van der Waals surface area contributed by atoms with E-state index in [1.54, 1.807) is 6.92 Å². The van der Waals surface area contributed by atoms with Gasteiger partial charge in [0, 0.05) is 7.11 Å². The molecule has 26 heavy (non-hydrogen) atoms. The van der Waals surface area contributed by atoms with Gasteiger partial charge in [-0.15, -0.1) is 0 Å². The third-order valence-electron chi connectivity index (χ3n) is 4.02. The van der Waals surface area contributed by atoms with Crippen LogP contribution >= 0.6 is 0 Å². The second-order valence-corrected chi connectivity index (χ2v) is 5.95. The van der Waals surface area contributed by atoms with Gasteiger partial charge in [0.15, 0.2) is 0 Å². The molecule has 0 saturated carbocycles. The van der Waals surface area contributed by atoms with E-state index >= 15 is 0 Å². The molecule has 1 unspecified atom stereocenters. The molecule has 9 nitrogen and oxygen atoms in total. The second-order valence-electron chi connectivity index (χ2n) is 5.95. The molecule has 1 aliphatic rings. The Kier molecular flexibility index (Phi) is 5.96. The van der Waals surface area contributed by atoms with Crippen molar-refractivity contribution in [2.24, 2.45) is 5.73 Å². The summed E-state index contributed by atoms with van der Waals surface area (Å²) in [6, 6.07) is 3.97. The van der Waals surface area contributed by atoms with Gasteiger partial charge in [-0.1, -0.05) is 12.1 Å². The smallest absolute Gasteiger partial charge is 0.352 e. The molecule has 2 rings (SSSR count). The van der Waals surface area contributed by atoms with Crippen molar-refractivity contribution in [2.75, 3.05) is 20.3 Å². The SMILES string of the molecule is COCC(C)=C(C(=O)O)N1CC(NC(=O)[C@H](N)c2ccc(O)cc2)C1=O. The first-order valence-electron chi connectivity index (χ1n) is 7.84. The summed E-state index contributed by atoms with van der Waals surface area (Å²) in [5.41, 5.74) is 6.58. The van der Waals surface area contributed by atoms with Crippen molar-refractivity contribution < 1.29 is 29.3 Å². The molecule has 1 aromatic rings. The Morgan fingerprint density at radius 1 is 1.38 bits per heavy atom. The van der Waals surface area contributed by atoms with Crippen LogP contribution in [-0.2, 0) is 19.1 Å². The van der Waals surface area contributed by atoms with Crippen molar-refractivity contribution >= 4 is 17.8 Å². The number of carboxylic acid groups (broad SMARTS) is 1. The quantitative estimate of drug-likeness (QED) is 0.385. The Hall–Kier alpha value is -2.91. The number of benzene rings is 1. The van der Waals surface area contributed by atoms with E-state index in [0.717, 1.165) is 4.90 Å². The number of phenolic OH excluding ortho intramolecular Hbond substituents is 1. The van der Waals surface area contributed by atoms with Crippen LogP contribution in [0.1, 0.15) is 18.5 Å². The van der Waals surface area contributed by atoms with Crippen molar-refractivity contribution in [1.82, 2.24) is 10.2 Å². The molecule has 1 aliphatic heterocycles. The highest BCUT2D eigenvalue weighted by molar-refractivity contribution is 6.00. The molecule has 0 radical (unpaired) electrons. The van der Waals surface area contributed by atoms with E-state index in [-0.39, 0.29) is 24.6 Å². The van der Waals surface area contributed by atoms with E-state index < -0.39 is 29.9 Å². The van der Waals surface area contributed by atoms with Crippen LogP contribution < -0.4 is 11.1 Å². The lowest BCUT2D eigenvalue weighted by Gasteiger charge is -2.39. The molecule has 1 heterocycles. The molecular weight excluding hydrogens is 342 g/mol. The normalized spacial score (nSPS) is 18.7.